The summed E-state index contributed by atoms with van der Waals surface area (Å²) in [5.74, 6) is 1.46. The predicted octanol–water partition coefficient (Wildman–Crippen LogP) is 3.65. The van der Waals surface area contributed by atoms with E-state index in [-0.39, 0.29) is 0 Å². The van der Waals surface area contributed by atoms with Gasteiger partial charge in [0, 0.05) is 16.3 Å². The highest BCUT2D eigenvalue weighted by Crippen LogP contribution is 2.30. The lowest BCUT2D eigenvalue weighted by Gasteiger charge is -2.03. The minimum Gasteiger partial charge on any atom is -0.497 e. The number of aromatic nitrogens is 2. The quantitative estimate of drug-likeness (QED) is 0.747. The molecule has 0 saturated heterocycles. The Morgan fingerprint density at radius 1 is 1.19 bits per heavy atom. The van der Waals surface area contributed by atoms with Crippen LogP contribution in [0.3, 0.4) is 0 Å². The number of benzene rings is 2. The van der Waals surface area contributed by atoms with Gasteiger partial charge in [-0.3, -0.25) is 0 Å². The highest BCUT2D eigenvalue weighted by Gasteiger charge is 2.14. The second kappa shape index (κ2) is 5.46. The Balaban J connectivity index is 2.02. The van der Waals surface area contributed by atoms with Crippen LogP contribution in [-0.4, -0.2) is 17.3 Å². The molecule has 0 spiro atoms. The van der Waals surface area contributed by atoms with Crippen molar-refractivity contribution < 1.29 is 9.26 Å². The van der Waals surface area contributed by atoms with Gasteiger partial charge in [-0.1, -0.05) is 28.9 Å². The molecule has 5 nitrogen and oxygen atoms in total. The molecule has 0 amide bonds. The second-order valence-electron chi connectivity index (χ2n) is 4.39. The van der Waals surface area contributed by atoms with Crippen molar-refractivity contribution >= 4 is 17.3 Å². The van der Waals surface area contributed by atoms with E-state index in [9.17, 15) is 0 Å². The van der Waals surface area contributed by atoms with E-state index in [0.29, 0.717) is 33.7 Å². The van der Waals surface area contributed by atoms with Gasteiger partial charge < -0.3 is 15.0 Å². The summed E-state index contributed by atoms with van der Waals surface area (Å²) in [6.45, 7) is 0. The molecule has 0 saturated carbocycles. The van der Waals surface area contributed by atoms with Crippen LogP contribution in [0.15, 0.2) is 47.0 Å². The van der Waals surface area contributed by atoms with Crippen LogP contribution >= 0.6 is 11.6 Å². The summed E-state index contributed by atoms with van der Waals surface area (Å²) in [7, 11) is 1.58. The van der Waals surface area contributed by atoms with Crippen molar-refractivity contribution in [3.8, 4) is 28.6 Å². The van der Waals surface area contributed by atoms with Crippen LogP contribution in [0.25, 0.3) is 22.8 Å². The highest BCUT2D eigenvalue weighted by molar-refractivity contribution is 6.30. The van der Waals surface area contributed by atoms with Crippen LogP contribution in [0.4, 0.5) is 5.69 Å². The second-order valence-corrected chi connectivity index (χ2v) is 4.82. The van der Waals surface area contributed by atoms with Crippen LogP contribution in [0, 0.1) is 0 Å². The number of nitrogens with zero attached hydrogens (tertiary/aromatic N) is 2. The van der Waals surface area contributed by atoms with Crippen molar-refractivity contribution in [3.63, 3.8) is 0 Å². The molecule has 0 bridgehead atoms. The lowest BCUT2D eigenvalue weighted by Crippen LogP contribution is -1.92. The molecule has 0 radical (unpaired) electrons. The first-order valence-corrected chi connectivity index (χ1v) is 6.58. The molecule has 0 aliphatic rings. The summed E-state index contributed by atoms with van der Waals surface area (Å²) in [5, 5.41) is 4.57. The molecular formula is C15H12ClN3O2. The summed E-state index contributed by atoms with van der Waals surface area (Å²) in [5.41, 5.74) is 7.89. The van der Waals surface area contributed by atoms with Gasteiger partial charge in [0.05, 0.1) is 12.7 Å². The topological polar surface area (TPSA) is 74.2 Å². The number of hydrogen-bond donors (Lipinski definition) is 1. The summed E-state index contributed by atoms with van der Waals surface area (Å²) >= 11 is 5.96. The number of nitrogens with two attached hydrogens (primary N) is 1. The highest BCUT2D eigenvalue weighted by atomic mass is 35.5. The number of anilines is 1. The fraction of sp³-hybridized carbons (Fsp3) is 0.0667. The lowest BCUT2D eigenvalue weighted by molar-refractivity contribution is 0.413. The first kappa shape index (κ1) is 13.5. The zero-order valence-corrected chi connectivity index (χ0v) is 12.0. The van der Waals surface area contributed by atoms with Gasteiger partial charge in [-0.15, -0.1) is 0 Å². The van der Waals surface area contributed by atoms with Crippen LogP contribution in [-0.2, 0) is 0 Å². The van der Waals surface area contributed by atoms with Gasteiger partial charge >= 0.3 is 0 Å². The van der Waals surface area contributed by atoms with Gasteiger partial charge in [0.15, 0.2) is 0 Å². The maximum Gasteiger partial charge on any atom is 0.260 e. The maximum atomic E-state index is 5.96. The maximum absolute atomic E-state index is 5.96. The van der Waals surface area contributed by atoms with Gasteiger partial charge in [0.1, 0.15) is 5.75 Å². The van der Waals surface area contributed by atoms with Gasteiger partial charge in [-0.05, 0) is 30.3 Å². The van der Waals surface area contributed by atoms with E-state index in [1.165, 1.54) is 0 Å². The van der Waals surface area contributed by atoms with E-state index >= 15 is 0 Å². The molecule has 6 heteroatoms. The Kier molecular flexibility index (Phi) is 3.50. The Hall–Kier alpha value is -2.53. The average molecular weight is 302 g/mol. The summed E-state index contributed by atoms with van der Waals surface area (Å²) < 4.78 is 10.5. The molecule has 3 rings (SSSR count). The zero-order valence-electron chi connectivity index (χ0n) is 11.2. The molecule has 1 heterocycles. The van der Waals surface area contributed by atoms with Crippen molar-refractivity contribution in [1.29, 1.82) is 0 Å². The average Bonchev–Trinajstić information content (AvgIpc) is 2.97. The van der Waals surface area contributed by atoms with E-state index < -0.39 is 0 Å². The van der Waals surface area contributed by atoms with Crippen LogP contribution in [0.2, 0.25) is 5.02 Å². The molecule has 21 heavy (non-hydrogen) atoms. The smallest absolute Gasteiger partial charge is 0.260 e. The zero-order chi connectivity index (χ0) is 14.8. The molecule has 0 aliphatic heterocycles. The van der Waals surface area contributed by atoms with Crippen molar-refractivity contribution in [2.45, 2.75) is 0 Å². The standard InChI is InChI=1S/C15H12ClN3O2/c1-20-11-5-6-13(17)12(8-11)15-18-14(19-21-15)9-3-2-4-10(16)7-9/h2-8H,17H2,1H3. The molecule has 3 aromatic rings. The van der Waals surface area contributed by atoms with Gasteiger partial charge in [-0.2, -0.15) is 4.98 Å². The number of halogens is 1. The Morgan fingerprint density at radius 2 is 2.05 bits per heavy atom. The molecule has 0 unspecified atom stereocenters. The normalized spacial score (nSPS) is 10.6. The monoisotopic (exact) mass is 301 g/mol. The SMILES string of the molecule is COc1ccc(N)c(-c2nc(-c3cccc(Cl)c3)no2)c1. The molecule has 1 aromatic heterocycles. The summed E-state index contributed by atoms with van der Waals surface area (Å²) in [4.78, 5) is 4.36. The Morgan fingerprint density at radius 3 is 2.81 bits per heavy atom. The third-order valence-corrected chi connectivity index (χ3v) is 3.23. The van der Waals surface area contributed by atoms with Crippen molar-refractivity contribution in [2.75, 3.05) is 12.8 Å². The van der Waals surface area contributed by atoms with Crippen LogP contribution in [0.1, 0.15) is 0 Å². The number of methoxy groups -OCH3 is 1. The fourth-order valence-corrected chi connectivity index (χ4v) is 2.12. The molecule has 0 fully saturated rings. The van der Waals surface area contributed by atoms with E-state index in [2.05, 4.69) is 10.1 Å². The van der Waals surface area contributed by atoms with Crippen molar-refractivity contribution in [2.24, 2.45) is 0 Å². The minimum absolute atomic E-state index is 0.335. The van der Waals surface area contributed by atoms with Crippen molar-refractivity contribution in [1.82, 2.24) is 10.1 Å². The first-order valence-electron chi connectivity index (χ1n) is 6.21. The number of ether oxygens (including phenoxy) is 1. The van der Waals surface area contributed by atoms with E-state index in [1.54, 1.807) is 37.4 Å². The molecule has 2 N–H and O–H groups in total. The number of nitrogen functional groups attached to an aromatic ring is 1. The molecule has 0 aliphatic carbocycles. The third kappa shape index (κ3) is 2.68. The van der Waals surface area contributed by atoms with Crippen molar-refractivity contribution in [3.05, 3.63) is 47.5 Å². The van der Waals surface area contributed by atoms with Gasteiger partial charge in [-0.25, -0.2) is 0 Å². The van der Waals surface area contributed by atoms with Gasteiger partial charge in [0.25, 0.3) is 5.89 Å². The summed E-state index contributed by atoms with van der Waals surface area (Å²) in [6.07, 6.45) is 0. The summed E-state index contributed by atoms with van der Waals surface area (Å²) in [6, 6.07) is 12.5. The van der Waals surface area contributed by atoms with E-state index in [1.807, 2.05) is 12.1 Å². The Labute approximate surface area is 126 Å². The van der Waals surface area contributed by atoms with Gasteiger partial charge in [0.2, 0.25) is 5.82 Å². The lowest BCUT2D eigenvalue weighted by atomic mass is 10.1. The molecular weight excluding hydrogens is 290 g/mol. The van der Waals surface area contributed by atoms with E-state index in [4.69, 9.17) is 26.6 Å². The van der Waals surface area contributed by atoms with Crippen LogP contribution < -0.4 is 10.5 Å². The molecule has 2 aromatic carbocycles. The predicted molar refractivity (Wildman–Crippen MR) is 81.1 cm³/mol. The number of hydrogen-bond acceptors (Lipinski definition) is 5. The molecule has 106 valence electrons. The fourth-order valence-electron chi connectivity index (χ4n) is 1.93. The van der Waals surface area contributed by atoms with Crippen LogP contribution in [0.5, 0.6) is 5.75 Å². The largest absolute Gasteiger partial charge is 0.497 e. The minimum atomic E-state index is 0.335. The number of rotatable bonds is 3. The van der Waals surface area contributed by atoms with E-state index in [0.717, 1.165) is 5.56 Å². The third-order valence-electron chi connectivity index (χ3n) is 3.00. The Bertz CT molecular complexity index is 786. The first-order chi connectivity index (χ1) is 10.2. The molecule has 0 atom stereocenters.